The second-order valence-electron chi connectivity index (χ2n) is 7.49. The molecule has 2 aromatic carbocycles. The third-order valence-electron chi connectivity index (χ3n) is 5.63. The highest BCUT2D eigenvalue weighted by atomic mass is 35.5. The van der Waals surface area contributed by atoms with E-state index < -0.39 is 0 Å². The molecule has 4 aromatic rings. The van der Waals surface area contributed by atoms with Gasteiger partial charge in [-0.2, -0.15) is 0 Å². The molecule has 1 N–H and O–H groups in total. The molecule has 0 bridgehead atoms. The summed E-state index contributed by atoms with van der Waals surface area (Å²) in [5, 5.41) is 3.97. The number of piperidine rings is 1. The van der Waals surface area contributed by atoms with E-state index in [1.54, 1.807) is 11.3 Å². The third kappa shape index (κ3) is 3.47. The van der Waals surface area contributed by atoms with E-state index in [1.165, 1.54) is 22.2 Å². The van der Waals surface area contributed by atoms with Crippen LogP contribution in [0.15, 0.2) is 60.1 Å². The molecular weight excluding hydrogens is 400 g/mol. The first-order chi connectivity index (χ1) is 14.2. The molecule has 1 saturated heterocycles. The van der Waals surface area contributed by atoms with Gasteiger partial charge in [0.15, 0.2) is 0 Å². The van der Waals surface area contributed by atoms with Crippen molar-refractivity contribution in [2.45, 2.75) is 19.3 Å². The van der Waals surface area contributed by atoms with Gasteiger partial charge >= 0.3 is 0 Å². The fourth-order valence-electron chi connectivity index (χ4n) is 4.08. The summed E-state index contributed by atoms with van der Waals surface area (Å²) < 4.78 is 0. The summed E-state index contributed by atoms with van der Waals surface area (Å²) in [4.78, 5) is 19.2. The number of fused-ring (bicyclic) bond motifs is 1. The molecule has 0 saturated carbocycles. The maximum Gasteiger partial charge on any atom is 0.253 e. The summed E-state index contributed by atoms with van der Waals surface area (Å²) in [6.45, 7) is 1.69. The first-order valence-corrected chi connectivity index (χ1v) is 11.2. The molecule has 5 heteroatoms. The number of H-pyrrole nitrogens is 1. The molecule has 2 aromatic heterocycles. The second-order valence-corrected chi connectivity index (χ2v) is 8.81. The van der Waals surface area contributed by atoms with Gasteiger partial charge in [0.1, 0.15) is 0 Å². The van der Waals surface area contributed by atoms with Crippen LogP contribution < -0.4 is 0 Å². The number of aromatic nitrogens is 1. The smallest absolute Gasteiger partial charge is 0.253 e. The van der Waals surface area contributed by atoms with Crippen molar-refractivity contribution in [1.29, 1.82) is 0 Å². The van der Waals surface area contributed by atoms with Crippen molar-refractivity contribution in [1.82, 2.24) is 9.88 Å². The number of amides is 1. The van der Waals surface area contributed by atoms with Gasteiger partial charge in [0.25, 0.3) is 5.91 Å². The number of benzene rings is 2. The first kappa shape index (κ1) is 18.5. The zero-order chi connectivity index (χ0) is 19.8. The van der Waals surface area contributed by atoms with Crippen molar-refractivity contribution in [3.63, 3.8) is 0 Å². The van der Waals surface area contributed by atoms with E-state index in [0.717, 1.165) is 42.6 Å². The monoisotopic (exact) mass is 420 g/mol. The Kier molecular flexibility index (Phi) is 4.90. The minimum absolute atomic E-state index is 0.0864. The van der Waals surface area contributed by atoms with Crippen LogP contribution >= 0.6 is 22.9 Å². The number of thiophene rings is 1. The van der Waals surface area contributed by atoms with Gasteiger partial charge in [0, 0.05) is 56.8 Å². The van der Waals surface area contributed by atoms with Crippen LogP contribution in [0.5, 0.6) is 0 Å². The first-order valence-electron chi connectivity index (χ1n) is 9.95. The minimum atomic E-state index is 0.0864. The van der Waals surface area contributed by atoms with Crippen LogP contribution in [0, 0.1) is 0 Å². The van der Waals surface area contributed by atoms with Gasteiger partial charge in [-0.3, -0.25) is 4.79 Å². The maximum atomic E-state index is 12.8. The highest BCUT2D eigenvalue weighted by Crippen LogP contribution is 2.38. The van der Waals surface area contributed by atoms with Gasteiger partial charge in [0.2, 0.25) is 0 Å². The number of aromatic amines is 1. The Morgan fingerprint density at radius 2 is 1.86 bits per heavy atom. The summed E-state index contributed by atoms with van der Waals surface area (Å²) >= 11 is 8.32. The van der Waals surface area contributed by atoms with Gasteiger partial charge in [-0.15, -0.1) is 11.3 Å². The van der Waals surface area contributed by atoms with E-state index in [9.17, 15) is 4.79 Å². The molecule has 146 valence electrons. The molecule has 0 unspecified atom stereocenters. The predicted octanol–water partition coefficient (Wildman–Crippen LogP) is 6.84. The molecule has 1 fully saturated rings. The summed E-state index contributed by atoms with van der Waals surface area (Å²) in [5.41, 5.74) is 5.07. The number of nitrogens with zero attached hydrogens (tertiary/aromatic N) is 1. The van der Waals surface area contributed by atoms with Gasteiger partial charge in [-0.25, -0.2) is 0 Å². The Hall–Kier alpha value is -2.56. The number of rotatable bonds is 3. The van der Waals surface area contributed by atoms with Crippen LogP contribution in [0.2, 0.25) is 5.02 Å². The molecule has 1 aliphatic heterocycles. The fraction of sp³-hybridized carbons (Fsp3) is 0.208. The van der Waals surface area contributed by atoms with Crippen LogP contribution in [0.1, 0.15) is 29.6 Å². The Bertz CT molecular complexity index is 1190. The summed E-state index contributed by atoms with van der Waals surface area (Å²) in [6.07, 6.45) is 5.35. The van der Waals surface area contributed by atoms with Crippen molar-refractivity contribution in [3.05, 3.63) is 70.7 Å². The van der Waals surface area contributed by atoms with Crippen LogP contribution in [0.3, 0.4) is 0 Å². The van der Waals surface area contributed by atoms with Crippen LogP contribution in [-0.4, -0.2) is 28.9 Å². The molecule has 0 atom stereocenters. The molecule has 3 nitrogen and oxygen atoms in total. The van der Waals surface area contributed by atoms with Crippen molar-refractivity contribution in [3.8, 4) is 21.6 Å². The van der Waals surface area contributed by atoms with E-state index in [4.69, 9.17) is 11.6 Å². The van der Waals surface area contributed by atoms with Crippen LogP contribution in [0.4, 0.5) is 0 Å². The summed E-state index contributed by atoms with van der Waals surface area (Å²) in [5.74, 6) is 0.0864. The Balaban J connectivity index is 1.45. The number of carbonyl (C=O) groups is 1. The molecule has 1 amide bonds. The lowest BCUT2D eigenvalue weighted by Gasteiger charge is -2.26. The van der Waals surface area contributed by atoms with E-state index in [2.05, 4.69) is 40.7 Å². The number of likely N-dealkylation sites (tertiary alicyclic amines) is 1. The maximum absolute atomic E-state index is 12.8. The van der Waals surface area contributed by atoms with Gasteiger partial charge in [0.05, 0.1) is 0 Å². The lowest BCUT2D eigenvalue weighted by atomic mass is 10.0. The fourth-order valence-corrected chi connectivity index (χ4v) is 5.32. The van der Waals surface area contributed by atoms with E-state index >= 15 is 0 Å². The lowest BCUT2D eigenvalue weighted by molar-refractivity contribution is 0.0724. The standard InChI is InChI=1S/C24H21ClN2OS/c25-21-13-16(24(28)27-11-2-1-3-12-27)7-8-18(21)17-14-23(29-15-17)20-5-4-6-22-19(20)9-10-26-22/h4-10,13-15,26H,1-3,11-12H2. The van der Waals surface area contributed by atoms with Crippen molar-refractivity contribution >= 4 is 39.7 Å². The van der Waals surface area contributed by atoms with Gasteiger partial charge < -0.3 is 9.88 Å². The number of halogens is 1. The van der Waals surface area contributed by atoms with Gasteiger partial charge in [-0.1, -0.05) is 29.8 Å². The zero-order valence-electron chi connectivity index (χ0n) is 16.0. The number of nitrogens with one attached hydrogen (secondary N) is 1. The van der Waals surface area contributed by atoms with Gasteiger partial charge in [-0.05, 0) is 60.5 Å². The number of carbonyl (C=O) groups excluding carboxylic acids is 1. The van der Waals surface area contributed by atoms with Crippen molar-refractivity contribution in [2.75, 3.05) is 13.1 Å². The zero-order valence-corrected chi connectivity index (χ0v) is 17.5. The van der Waals surface area contributed by atoms with E-state index in [-0.39, 0.29) is 5.91 Å². The van der Waals surface area contributed by atoms with E-state index in [1.807, 2.05) is 29.3 Å². The normalized spacial score (nSPS) is 14.4. The Labute approximate surface area is 178 Å². The highest BCUT2D eigenvalue weighted by Gasteiger charge is 2.19. The number of hydrogen-bond acceptors (Lipinski definition) is 2. The van der Waals surface area contributed by atoms with E-state index in [0.29, 0.717) is 10.6 Å². The third-order valence-corrected chi connectivity index (χ3v) is 6.91. The SMILES string of the molecule is O=C(c1ccc(-c2csc(-c3cccc4[nH]ccc34)c2)c(Cl)c1)N1CCCCC1. The molecule has 0 spiro atoms. The molecule has 0 aliphatic carbocycles. The average molecular weight is 421 g/mol. The Morgan fingerprint density at radius 1 is 1.00 bits per heavy atom. The van der Waals surface area contributed by atoms with Crippen LogP contribution in [0.25, 0.3) is 32.5 Å². The molecule has 29 heavy (non-hydrogen) atoms. The molecule has 5 rings (SSSR count). The topological polar surface area (TPSA) is 36.1 Å². The van der Waals surface area contributed by atoms with Crippen molar-refractivity contribution < 1.29 is 4.79 Å². The minimum Gasteiger partial charge on any atom is -0.361 e. The molecule has 0 radical (unpaired) electrons. The summed E-state index contributed by atoms with van der Waals surface area (Å²) in [7, 11) is 0. The molecular formula is C24H21ClN2OS. The second kappa shape index (κ2) is 7.69. The number of hydrogen-bond donors (Lipinski definition) is 1. The quantitative estimate of drug-likeness (QED) is 0.386. The van der Waals surface area contributed by atoms with Crippen LogP contribution in [-0.2, 0) is 0 Å². The highest BCUT2D eigenvalue weighted by molar-refractivity contribution is 7.14. The average Bonchev–Trinajstić information content (AvgIpc) is 3.43. The lowest BCUT2D eigenvalue weighted by Crippen LogP contribution is -2.35. The largest absolute Gasteiger partial charge is 0.361 e. The predicted molar refractivity (Wildman–Crippen MR) is 122 cm³/mol. The molecule has 1 aliphatic rings. The Morgan fingerprint density at radius 3 is 2.69 bits per heavy atom. The molecule has 3 heterocycles. The summed E-state index contributed by atoms with van der Waals surface area (Å²) in [6, 6.07) is 16.3. The van der Waals surface area contributed by atoms with Crippen molar-refractivity contribution in [2.24, 2.45) is 0 Å².